The van der Waals surface area contributed by atoms with Crippen molar-refractivity contribution in [3.05, 3.63) is 57.2 Å². The van der Waals surface area contributed by atoms with E-state index in [0.29, 0.717) is 17.5 Å². The van der Waals surface area contributed by atoms with Crippen molar-refractivity contribution >= 4 is 28.9 Å². The summed E-state index contributed by atoms with van der Waals surface area (Å²) in [7, 11) is 0. The van der Waals surface area contributed by atoms with E-state index in [1.807, 2.05) is 0 Å². The van der Waals surface area contributed by atoms with Crippen LogP contribution in [0.5, 0.6) is 11.6 Å². The summed E-state index contributed by atoms with van der Waals surface area (Å²) in [5.41, 5.74) is 0.704. The lowest BCUT2D eigenvalue weighted by Gasteiger charge is -2.05. The number of rotatable bonds is 4. The Morgan fingerprint density at radius 3 is 2.63 bits per heavy atom. The van der Waals surface area contributed by atoms with Crippen molar-refractivity contribution in [2.24, 2.45) is 0 Å². The van der Waals surface area contributed by atoms with Crippen LogP contribution in [0.25, 0.3) is 0 Å². The van der Waals surface area contributed by atoms with Gasteiger partial charge in [-0.1, -0.05) is 17.7 Å². The average molecular weight is 299 g/mol. The van der Waals surface area contributed by atoms with Gasteiger partial charge in [-0.3, -0.25) is 10.1 Å². The molecule has 1 aromatic heterocycles. The molecule has 0 spiro atoms. The molecule has 98 valence electrons. The fourth-order valence-corrected chi connectivity index (χ4v) is 1.77. The summed E-state index contributed by atoms with van der Waals surface area (Å²) < 4.78 is 5.43. The first-order valence-corrected chi connectivity index (χ1v) is 6.14. The Morgan fingerprint density at radius 2 is 2.11 bits per heavy atom. The number of nitrogens with zero attached hydrogens (tertiary/aromatic N) is 2. The van der Waals surface area contributed by atoms with Gasteiger partial charge in [-0.05, 0) is 11.6 Å². The number of nitro benzene ring substituents is 1. The van der Waals surface area contributed by atoms with Crippen LogP contribution in [0.3, 0.4) is 0 Å². The molecule has 0 aliphatic rings. The van der Waals surface area contributed by atoms with E-state index in [-0.39, 0.29) is 10.7 Å². The van der Waals surface area contributed by atoms with Crippen molar-refractivity contribution in [1.29, 1.82) is 0 Å². The summed E-state index contributed by atoms with van der Waals surface area (Å²) in [6, 6.07) is 7.55. The van der Waals surface area contributed by atoms with Gasteiger partial charge in [0.2, 0.25) is 5.88 Å². The molecule has 7 heteroatoms. The van der Waals surface area contributed by atoms with Gasteiger partial charge in [-0.25, -0.2) is 4.98 Å². The van der Waals surface area contributed by atoms with Crippen molar-refractivity contribution in [2.75, 3.05) is 0 Å². The van der Waals surface area contributed by atoms with Gasteiger partial charge < -0.3 is 4.74 Å². The number of aromatic nitrogens is 1. The number of benzene rings is 1. The lowest BCUT2D eigenvalue weighted by atomic mass is 10.3. The zero-order valence-electron chi connectivity index (χ0n) is 9.55. The van der Waals surface area contributed by atoms with Crippen LogP contribution in [0, 0.1) is 10.1 Å². The van der Waals surface area contributed by atoms with Gasteiger partial charge in [0.05, 0.1) is 4.92 Å². The fraction of sp³-hybridized carbons (Fsp3) is 0.0833. The predicted octanol–water partition coefficient (Wildman–Crippen LogP) is 4.17. The molecule has 2 rings (SSSR count). The minimum Gasteiger partial charge on any atom is -0.439 e. The van der Waals surface area contributed by atoms with Crippen LogP contribution >= 0.6 is 23.2 Å². The zero-order valence-corrected chi connectivity index (χ0v) is 11.1. The summed E-state index contributed by atoms with van der Waals surface area (Å²) in [5, 5.41) is 10.6. The van der Waals surface area contributed by atoms with Crippen LogP contribution in [-0.4, -0.2) is 9.91 Å². The SMILES string of the molecule is O=[N+]([O-])c1ccc(Oc2ccc(CCl)cn2)cc1Cl. The van der Waals surface area contributed by atoms with E-state index in [0.717, 1.165) is 5.56 Å². The van der Waals surface area contributed by atoms with Gasteiger partial charge >= 0.3 is 0 Å². The topological polar surface area (TPSA) is 65.3 Å². The predicted molar refractivity (Wildman–Crippen MR) is 72.0 cm³/mol. The van der Waals surface area contributed by atoms with E-state index in [2.05, 4.69) is 4.98 Å². The number of halogens is 2. The summed E-state index contributed by atoms with van der Waals surface area (Å²) in [6.07, 6.45) is 1.59. The Kier molecular flexibility index (Phi) is 4.19. The molecule has 1 aromatic carbocycles. The van der Waals surface area contributed by atoms with Crippen LogP contribution < -0.4 is 4.74 Å². The molecule has 19 heavy (non-hydrogen) atoms. The lowest BCUT2D eigenvalue weighted by Crippen LogP contribution is -1.92. The molecular weight excluding hydrogens is 291 g/mol. The molecule has 0 amide bonds. The third-order valence-corrected chi connectivity index (χ3v) is 2.90. The van der Waals surface area contributed by atoms with Gasteiger partial charge in [-0.15, -0.1) is 11.6 Å². The van der Waals surface area contributed by atoms with E-state index < -0.39 is 4.92 Å². The quantitative estimate of drug-likeness (QED) is 0.482. The van der Waals surface area contributed by atoms with E-state index in [1.165, 1.54) is 18.2 Å². The normalized spacial score (nSPS) is 10.2. The molecule has 0 saturated carbocycles. The number of hydrogen-bond acceptors (Lipinski definition) is 4. The van der Waals surface area contributed by atoms with Gasteiger partial charge in [-0.2, -0.15) is 0 Å². The molecule has 0 saturated heterocycles. The molecule has 1 heterocycles. The van der Waals surface area contributed by atoms with Crippen molar-refractivity contribution in [3.63, 3.8) is 0 Å². The van der Waals surface area contributed by atoms with E-state index in [4.69, 9.17) is 27.9 Å². The maximum atomic E-state index is 10.6. The maximum Gasteiger partial charge on any atom is 0.288 e. The number of nitro groups is 1. The second-order valence-electron chi connectivity index (χ2n) is 3.61. The summed E-state index contributed by atoms with van der Waals surface area (Å²) >= 11 is 11.4. The summed E-state index contributed by atoms with van der Waals surface area (Å²) in [5.74, 6) is 1.11. The second-order valence-corrected chi connectivity index (χ2v) is 4.29. The number of alkyl halides is 1. The van der Waals surface area contributed by atoms with Gasteiger partial charge in [0.1, 0.15) is 10.8 Å². The Labute approximate surface area is 118 Å². The minimum absolute atomic E-state index is 0.0138. The lowest BCUT2D eigenvalue weighted by molar-refractivity contribution is -0.384. The van der Waals surface area contributed by atoms with Gasteiger partial charge in [0, 0.05) is 30.3 Å². The molecule has 0 aliphatic carbocycles. The average Bonchev–Trinajstić information content (AvgIpc) is 2.39. The van der Waals surface area contributed by atoms with Crippen LogP contribution in [0.1, 0.15) is 5.56 Å². The largest absolute Gasteiger partial charge is 0.439 e. The molecule has 0 radical (unpaired) electrons. The van der Waals surface area contributed by atoms with E-state index >= 15 is 0 Å². The van der Waals surface area contributed by atoms with Crippen molar-refractivity contribution in [3.8, 4) is 11.6 Å². The summed E-state index contributed by atoms with van der Waals surface area (Å²) in [4.78, 5) is 14.1. The van der Waals surface area contributed by atoms with E-state index in [9.17, 15) is 10.1 Å². The van der Waals surface area contributed by atoms with Crippen molar-refractivity contribution in [1.82, 2.24) is 4.98 Å². The molecular formula is C12H8Cl2N2O3. The number of ether oxygens (including phenoxy) is 1. The molecule has 0 unspecified atom stereocenters. The third kappa shape index (κ3) is 3.33. The highest BCUT2D eigenvalue weighted by Crippen LogP contribution is 2.30. The second kappa shape index (κ2) is 5.86. The molecule has 0 atom stereocenters. The van der Waals surface area contributed by atoms with Crippen LogP contribution in [-0.2, 0) is 5.88 Å². The minimum atomic E-state index is -0.556. The highest BCUT2D eigenvalue weighted by Gasteiger charge is 2.13. The Hall–Kier alpha value is -1.85. The van der Waals surface area contributed by atoms with Gasteiger partial charge in [0.15, 0.2) is 0 Å². The van der Waals surface area contributed by atoms with Crippen molar-refractivity contribution < 1.29 is 9.66 Å². The maximum absolute atomic E-state index is 10.6. The van der Waals surface area contributed by atoms with Crippen molar-refractivity contribution in [2.45, 2.75) is 5.88 Å². The highest BCUT2D eigenvalue weighted by molar-refractivity contribution is 6.32. The summed E-state index contributed by atoms with van der Waals surface area (Å²) in [6.45, 7) is 0. The zero-order chi connectivity index (χ0) is 13.8. The van der Waals surface area contributed by atoms with Crippen LogP contribution in [0.2, 0.25) is 5.02 Å². The first-order chi connectivity index (χ1) is 9.10. The molecule has 0 aliphatic heterocycles. The smallest absolute Gasteiger partial charge is 0.288 e. The molecule has 0 N–H and O–H groups in total. The standard InChI is InChI=1S/C12H8Cl2N2O3/c13-6-8-1-4-12(15-7-8)19-9-2-3-11(16(17)18)10(14)5-9/h1-5,7H,6H2. The van der Waals surface area contributed by atoms with E-state index in [1.54, 1.807) is 18.3 Å². The Bertz CT molecular complexity index is 602. The monoisotopic (exact) mass is 298 g/mol. The van der Waals surface area contributed by atoms with Gasteiger partial charge in [0.25, 0.3) is 5.69 Å². The Balaban J connectivity index is 2.18. The molecule has 0 fully saturated rings. The highest BCUT2D eigenvalue weighted by atomic mass is 35.5. The number of hydrogen-bond donors (Lipinski definition) is 0. The third-order valence-electron chi connectivity index (χ3n) is 2.29. The number of pyridine rings is 1. The van der Waals surface area contributed by atoms with Crippen LogP contribution in [0.4, 0.5) is 5.69 Å². The van der Waals surface area contributed by atoms with Crippen LogP contribution in [0.15, 0.2) is 36.5 Å². The first kappa shape index (κ1) is 13.6. The fourth-order valence-electron chi connectivity index (χ4n) is 1.37. The molecule has 5 nitrogen and oxygen atoms in total. The molecule has 0 bridgehead atoms. The first-order valence-electron chi connectivity index (χ1n) is 5.23. The Morgan fingerprint density at radius 1 is 1.32 bits per heavy atom. The molecule has 2 aromatic rings.